The quantitative estimate of drug-likeness (QED) is 0.612. The summed E-state index contributed by atoms with van der Waals surface area (Å²) in [5.74, 6) is 0.959. The van der Waals surface area contributed by atoms with Crippen LogP contribution in [0.15, 0.2) is 38.6 Å². The standard InChI is InChI=1S/C16H19Br2NOS/c1-10(2)20-15-7-5-4-6-13(15)11(3)19-9-12-8-14(17)16(18)21-12/h4-8,10-11,19H,9H2,1-3H3. The molecule has 0 saturated heterocycles. The number of rotatable bonds is 6. The molecule has 0 spiro atoms. The fourth-order valence-corrected chi connectivity index (χ4v) is 4.17. The molecular formula is C16H19Br2NOS. The van der Waals surface area contributed by atoms with Crippen LogP contribution in [-0.2, 0) is 6.54 Å². The lowest BCUT2D eigenvalue weighted by molar-refractivity contribution is 0.238. The van der Waals surface area contributed by atoms with E-state index in [1.807, 2.05) is 12.1 Å². The number of hydrogen-bond acceptors (Lipinski definition) is 3. The van der Waals surface area contributed by atoms with Gasteiger partial charge in [0.1, 0.15) is 5.75 Å². The second-order valence-electron chi connectivity index (χ2n) is 5.14. The molecule has 1 atom stereocenters. The minimum atomic E-state index is 0.183. The van der Waals surface area contributed by atoms with Crippen LogP contribution in [0.4, 0.5) is 0 Å². The molecule has 2 aromatic rings. The SMILES string of the molecule is CC(C)Oc1ccccc1C(C)NCc1cc(Br)c(Br)s1. The van der Waals surface area contributed by atoms with Gasteiger partial charge < -0.3 is 10.1 Å². The molecule has 2 rings (SSSR count). The highest BCUT2D eigenvalue weighted by Gasteiger charge is 2.13. The van der Waals surface area contributed by atoms with Crippen molar-refractivity contribution >= 4 is 43.2 Å². The zero-order valence-corrected chi connectivity index (χ0v) is 16.3. The van der Waals surface area contributed by atoms with Crippen molar-refractivity contribution in [1.82, 2.24) is 5.32 Å². The number of halogens is 2. The van der Waals surface area contributed by atoms with Crippen LogP contribution in [0, 0.1) is 0 Å². The van der Waals surface area contributed by atoms with E-state index in [2.05, 4.69) is 76.1 Å². The molecule has 0 bridgehead atoms. The monoisotopic (exact) mass is 431 g/mol. The Balaban J connectivity index is 2.04. The number of nitrogens with one attached hydrogen (secondary N) is 1. The van der Waals surface area contributed by atoms with Crippen molar-refractivity contribution in [3.63, 3.8) is 0 Å². The molecule has 0 amide bonds. The predicted octanol–water partition coefficient (Wildman–Crippen LogP) is 5.91. The van der Waals surface area contributed by atoms with Crippen LogP contribution in [0.25, 0.3) is 0 Å². The molecule has 2 nitrogen and oxygen atoms in total. The van der Waals surface area contributed by atoms with Crippen molar-refractivity contribution in [3.8, 4) is 5.75 Å². The Labute approximate surface area is 147 Å². The molecule has 1 unspecified atom stereocenters. The van der Waals surface area contributed by atoms with Gasteiger partial charge >= 0.3 is 0 Å². The molecule has 0 aliphatic carbocycles. The minimum absolute atomic E-state index is 0.183. The van der Waals surface area contributed by atoms with Gasteiger partial charge in [-0.2, -0.15) is 0 Å². The first kappa shape index (κ1) is 17.0. The van der Waals surface area contributed by atoms with Gasteiger partial charge in [0.25, 0.3) is 0 Å². The number of para-hydroxylation sites is 1. The summed E-state index contributed by atoms with van der Waals surface area (Å²) in [6, 6.07) is 10.6. The van der Waals surface area contributed by atoms with Crippen LogP contribution in [0.5, 0.6) is 5.75 Å². The van der Waals surface area contributed by atoms with E-state index >= 15 is 0 Å². The summed E-state index contributed by atoms with van der Waals surface area (Å²) in [7, 11) is 0. The highest BCUT2D eigenvalue weighted by molar-refractivity contribution is 9.13. The first-order valence-electron chi connectivity index (χ1n) is 6.90. The van der Waals surface area contributed by atoms with Crippen LogP contribution in [0.1, 0.15) is 37.3 Å². The van der Waals surface area contributed by atoms with Gasteiger partial charge in [0.2, 0.25) is 0 Å². The Morgan fingerprint density at radius 1 is 1.19 bits per heavy atom. The van der Waals surface area contributed by atoms with Gasteiger partial charge in [0.05, 0.1) is 9.89 Å². The summed E-state index contributed by atoms with van der Waals surface area (Å²) in [6.45, 7) is 7.11. The third-order valence-corrected chi connectivity index (χ3v) is 6.28. The molecule has 114 valence electrons. The van der Waals surface area contributed by atoms with Crippen molar-refractivity contribution in [3.05, 3.63) is 49.0 Å². The van der Waals surface area contributed by atoms with Gasteiger partial charge in [-0.15, -0.1) is 11.3 Å². The van der Waals surface area contributed by atoms with Crippen molar-refractivity contribution in [2.45, 2.75) is 39.5 Å². The van der Waals surface area contributed by atoms with Crippen LogP contribution in [0.2, 0.25) is 0 Å². The zero-order valence-electron chi connectivity index (χ0n) is 12.3. The topological polar surface area (TPSA) is 21.3 Å². The Kier molecular flexibility index (Phi) is 6.29. The second kappa shape index (κ2) is 7.77. The number of ether oxygens (including phenoxy) is 1. The van der Waals surface area contributed by atoms with E-state index < -0.39 is 0 Å². The normalized spacial score (nSPS) is 12.7. The first-order chi connectivity index (χ1) is 9.97. The summed E-state index contributed by atoms with van der Waals surface area (Å²) in [4.78, 5) is 1.29. The van der Waals surface area contributed by atoms with Crippen LogP contribution < -0.4 is 10.1 Å². The van der Waals surface area contributed by atoms with Gasteiger partial charge in [-0.1, -0.05) is 18.2 Å². The molecule has 0 radical (unpaired) electrons. The molecule has 1 aromatic heterocycles. The van der Waals surface area contributed by atoms with Gasteiger partial charge in [0, 0.05) is 27.5 Å². The zero-order chi connectivity index (χ0) is 15.4. The summed E-state index contributed by atoms with van der Waals surface area (Å²) in [5, 5.41) is 3.56. The molecule has 5 heteroatoms. The number of thiophene rings is 1. The van der Waals surface area contributed by atoms with Crippen molar-refractivity contribution in [2.75, 3.05) is 0 Å². The maximum Gasteiger partial charge on any atom is 0.124 e. The van der Waals surface area contributed by atoms with Gasteiger partial charge in [-0.3, -0.25) is 0 Å². The largest absolute Gasteiger partial charge is 0.491 e. The lowest BCUT2D eigenvalue weighted by atomic mass is 10.1. The molecule has 1 aromatic carbocycles. The smallest absolute Gasteiger partial charge is 0.124 e. The fraction of sp³-hybridized carbons (Fsp3) is 0.375. The summed E-state index contributed by atoms with van der Waals surface area (Å²) in [6.07, 6.45) is 0.183. The first-order valence-corrected chi connectivity index (χ1v) is 9.30. The van der Waals surface area contributed by atoms with E-state index in [0.717, 1.165) is 20.6 Å². The van der Waals surface area contributed by atoms with E-state index in [9.17, 15) is 0 Å². The molecule has 0 saturated carbocycles. The lowest BCUT2D eigenvalue weighted by Crippen LogP contribution is -2.19. The van der Waals surface area contributed by atoms with E-state index in [0.29, 0.717) is 0 Å². The minimum Gasteiger partial charge on any atom is -0.491 e. The molecule has 0 aliphatic heterocycles. The fourth-order valence-electron chi connectivity index (χ4n) is 2.04. The van der Waals surface area contributed by atoms with Crippen LogP contribution in [0.3, 0.4) is 0 Å². The average Bonchev–Trinajstić information content (AvgIpc) is 2.75. The van der Waals surface area contributed by atoms with E-state index in [4.69, 9.17) is 4.74 Å². The van der Waals surface area contributed by atoms with Crippen molar-refractivity contribution in [2.24, 2.45) is 0 Å². The van der Waals surface area contributed by atoms with Crippen LogP contribution >= 0.6 is 43.2 Å². The Bertz CT molecular complexity index is 578. The highest BCUT2D eigenvalue weighted by Crippen LogP contribution is 2.33. The van der Waals surface area contributed by atoms with E-state index in [1.165, 1.54) is 10.4 Å². The maximum absolute atomic E-state index is 5.89. The van der Waals surface area contributed by atoms with Gasteiger partial charge in [-0.05, 0) is 64.8 Å². The Hall–Kier alpha value is -0.360. The Morgan fingerprint density at radius 3 is 2.52 bits per heavy atom. The predicted molar refractivity (Wildman–Crippen MR) is 97.2 cm³/mol. The van der Waals surface area contributed by atoms with Gasteiger partial charge in [0.15, 0.2) is 0 Å². The molecule has 0 aliphatic rings. The lowest BCUT2D eigenvalue weighted by Gasteiger charge is -2.19. The summed E-state index contributed by atoms with van der Waals surface area (Å²) in [5.41, 5.74) is 1.20. The van der Waals surface area contributed by atoms with Crippen LogP contribution in [-0.4, -0.2) is 6.10 Å². The third kappa shape index (κ3) is 4.81. The Morgan fingerprint density at radius 2 is 1.90 bits per heavy atom. The number of benzene rings is 1. The van der Waals surface area contributed by atoms with E-state index in [-0.39, 0.29) is 12.1 Å². The second-order valence-corrected chi connectivity index (χ2v) is 8.45. The summed E-state index contributed by atoms with van der Waals surface area (Å²) >= 11 is 8.80. The maximum atomic E-state index is 5.89. The third-order valence-electron chi connectivity index (χ3n) is 3.03. The van der Waals surface area contributed by atoms with E-state index in [1.54, 1.807) is 11.3 Å². The molecule has 1 heterocycles. The summed E-state index contributed by atoms with van der Waals surface area (Å²) < 4.78 is 8.14. The van der Waals surface area contributed by atoms with Crippen molar-refractivity contribution in [1.29, 1.82) is 0 Å². The highest BCUT2D eigenvalue weighted by atomic mass is 79.9. The molecule has 21 heavy (non-hydrogen) atoms. The number of hydrogen-bond donors (Lipinski definition) is 1. The average molecular weight is 433 g/mol. The molecule has 1 N–H and O–H groups in total. The van der Waals surface area contributed by atoms with Crippen molar-refractivity contribution < 1.29 is 4.74 Å². The molecular weight excluding hydrogens is 414 g/mol. The van der Waals surface area contributed by atoms with Gasteiger partial charge in [-0.25, -0.2) is 0 Å². The molecule has 0 fully saturated rings.